The molecule has 0 fully saturated rings. The minimum absolute atomic E-state index is 0. The summed E-state index contributed by atoms with van der Waals surface area (Å²) in [7, 11) is 3.81. The normalized spacial score (nSPS) is 14.6. The lowest BCUT2D eigenvalue weighted by atomic mass is 10.1. The van der Waals surface area contributed by atoms with Gasteiger partial charge in [0.05, 0.1) is 40.3 Å². The van der Waals surface area contributed by atoms with Gasteiger partial charge >= 0.3 is 14.6 Å². The van der Waals surface area contributed by atoms with Gasteiger partial charge in [0, 0.05) is 6.61 Å². The zero-order valence-electron chi connectivity index (χ0n) is 20.4. The highest BCUT2D eigenvalue weighted by molar-refractivity contribution is 7.40. The molecule has 2 unspecified atom stereocenters. The molecular formula is C22H48NO7P. The molecule has 0 saturated heterocycles. The molecule has 0 rings (SSSR count). The Kier molecular flexibility index (Phi) is 21.5. The van der Waals surface area contributed by atoms with Crippen LogP contribution in [0.4, 0.5) is 0 Å². The van der Waals surface area contributed by atoms with E-state index >= 15 is 0 Å². The summed E-state index contributed by atoms with van der Waals surface area (Å²) >= 11 is 0. The van der Waals surface area contributed by atoms with Gasteiger partial charge < -0.3 is 33.7 Å². The number of likely N-dealkylation sites (N-methyl/N-ethyl adjacent to an activating group) is 1. The van der Waals surface area contributed by atoms with Crippen molar-refractivity contribution < 1.29 is 38.5 Å². The number of hydrogen-bond acceptors (Lipinski definition) is 6. The zero-order valence-corrected chi connectivity index (χ0v) is 21.3. The summed E-state index contributed by atoms with van der Waals surface area (Å²) in [6, 6.07) is 0. The fraction of sp³-hybridized carbons (Fsp3) is 0.955. The van der Waals surface area contributed by atoms with Gasteiger partial charge in [0.2, 0.25) is 0 Å². The van der Waals surface area contributed by atoms with Gasteiger partial charge in [-0.1, -0.05) is 46.0 Å². The van der Waals surface area contributed by atoms with E-state index in [4.69, 9.17) is 18.9 Å². The van der Waals surface area contributed by atoms with Crippen LogP contribution >= 0.6 is 8.60 Å². The van der Waals surface area contributed by atoms with Crippen LogP contribution in [0.5, 0.6) is 0 Å². The molecule has 3 N–H and O–H groups in total. The number of carboxylic acids is 1. The first-order valence-electron chi connectivity index (χ1n) is 11.6. The molecule has 0 radical (unpaired) electrons. The maximum atomic E-state index is 11.0. The van der Waals surface area contributed by atoms with Crippen LogP contribution in [-0.4, -0.2) is 79.0 Å². The zero-order chi connectivity index (χ0) is 22.8. The predicted octanol–water partition coefficient (Wildman–Crippen LogP) is 4.94. The Hall–Kier alpha value is -0.340. The molecule has 188 valence electrons. The lowest BCUT2D eigenvalue weighted by Crippen LogP contribution is -2.42. The van der Waals surface area contributed by atoms with Crippen LogP contribution in [0.15, 0.2) is 0 Å². The molecular weight excluding hydrogens is 421 g/mol. The van der Waals surface area contributed by atoms with Crippen LogP contribution in [0.1, 0.15) is 84.5 Å². The maximum Gasteiger partial charge on any atom is 0.330 e. The van der Waals surface area contributed by atoms with Gasteiger partial charge in [-0.15, -0.1) is 0 Å². The molecule has 3 atom stereocenters. The van der Waals surface area contributed by atoms with Crippen molar-refractivity contribution in [3.8, 4) is 0 Å². The second-order valence-corrected chi connectivity index (χ2v) is 9.98. The minimum atomic E-state index is -2.06. The molecule has 0 aliphatic heterocycles. The van der Waals surface area contributed by atoms with Gasteiger partial charge in [-0.05, 0) is 32.1 Å². The summed E-state index contributed by atoms with van der Waals surface area (Å²) in [6.45, 7) is 6.08. The van der Waals surface area contributed by atoms with Crippen molar-refractivity contribution in [2.45, 2.75) is 96.7 Å². The summed E-state index contributed by atoms with van der Waals surface area (Å²) in [5.41, 5.74) is 0. The van der Waals surface area contributed by atoms with Crippen LogP contribution in [0.3, 0.4) is 0 Å². The fourth-order valence-electron chi connectivity index (χ4n) is 3.25. The topological polar surface area (TPSA) is 115 Å². The third-order valence-corrected chi connectivity index (χ3v) is 5.70. The number of carboxylic acid groups (broad SMARTS) is 1. The molecule has 31 heavy (non-hydrogen) atoms. The molecule has 0 bridgehead atoms. The van der Waals surface area contributed by atoms with Crippen LogP contribution in [0.2, 0.25) is 0 Å². The number of aliphatic carboxylic acids is 1. The predicted molar refractivity (Wildman–Crippen MR) is 124 cm³/mol. The molecule has 0 spiro atoms. The van der Waals surface area contributed by atoms with E-state index in [1.807, 2.05) is 21.1 Å². The lowest BCUT2D eigenvalue weighted by molar-refractivity contribution is -0.873. The molecule has 0 aromatic carbocycles. The molecule has 0 saturated carbocycles. The number of unbranched alkanes of at least 4 members (excludes halogenated alkanes) is 6. The Morgan fingerprint density at radius 1 is 0.935 bits per heavy atom. The van der Waals surface area contributed by atoms with Crippen LogP contribution in [0, 0.1) is 0 Å². The van der Waals surface area contributed by atoms with Crippen LogP contribution in [-0.2, 0) is 18.6 Å². The quantitative estimate of drug-likeness (QED) is 0.139. The van der Waals surface area contributed by atoms with Crippen LogP contribution < -0.4 is 0 Å². The summed E-state index contributed by atoms with van der Waals surface area (Å²) < 4.78 is 17.4. The molecule has 0 aliphatic carbocycles. The molecule has 0 aromatic rings. The van der Waals surface area contributed by atoms with Crippen molar-refractivity contribution in [2.24, 2.45) is 0 Å². The Balaban J connectivity index is 0. The fourth-order valence-corrected chi connectivity index (χ4v) is 4.00. The minimum Gasteiger partial charge on any atom is -0.870 e. The van der Waals surface area contributed by atoms with Gasteiger partial charge in [-0.2, -0.15) is 0 Å². The molecule has 0 aromatic heterocycles. The summed E-state index contributed by atoms with van der Waals surface area (Å²) in [5.74, 6) is -0.941. The van der Waals surface area contributed by atoms with Crippen molar-refractivity contribution in [1.82, 2.24) is 0 Å². The van der Waals surface area contributed by atoms with Crippen molar-refractivity contribution >= 4 is 14.6 Å². The third kappa shape index (κ3) is 22.6. The van der Waals surface area contributed by atoms with Crippen molar-refractivity contribution in [1.29, 1.82) is 0 Å². The second-order valence-electron chi connectivity index (χ2n) is 9.03. The number of carbonyl (C=O) groups is 1. The Bertz CT molecular complexity index is 421. The van der Waals surface area contributed by atoms with E-state index < -0.39 is 20.7 Å². The number of nitrogens with zero attached hydrogens (tertiary/aromatic N) is 1. The number of ether oxygens (including phenoxy) is 1. The Morgan fingerprint density at radius 2 is 1.55 bits per heavy atom. The Labute approximate surface area is 191 Å². The van der Waals surface area contributed by atoms with Crippen LogP contribution in [0.25, 0.3) is 0 Å². The van der Waals surface area contributed by atoms with Gasteiger partial charge in [-0.3, -0.25) is 4.79 Å². The number of rotatable bonds is 21. The van der Waals surface area contributed by atoms with E-state index in [2.05, 4.69) is 13.8 Å². The summed E-state index contributed by atoms with van der Waals surface area (Å²) in [4.78, 5) is 21.0. The highest BCUT2D eigenvalue weighted by Crippen LogP contribution is 2.36. The van der Waals surface area contributed by atoms with E-state index in [1.54, 1.807) is 0 Å². The summed E-state index contributed by atoms with van der Waals surface area (Å²) in [6.07, 6.45) is 11.1. The molecule has 0 heterocycles. The number of hydrogen-bond donors (Lipinski definition) is 2. The van der Waals surface area contributed by atoms with E-state index in [0.717, 1.165) is 38.7 Å². The maximum absolute atomic E-state index is 11.0. The van der Waals surface area contributed by atoms with E-state index in [-0.39, 0.29) is 11.9 Å². The van der Waals surface area contributed by atoms with E-state index in [1.165, 1.54) is 32.1 Å². The SMILES string of the molecule is CCCCCCCC(CC)OCCCCCO[P@](O)OC(CC(=O)O)C[N+](C)(C)C.[OH-]. The second kappa shape index (κ2) is 20.3. The standard InChI is InChI=1S/C22H46NO6P.H2O/c1-6-8-9-10-12-15-20(7-2)27-16-13-11-14-17-28-30(26)29-21(18-22(24)25)19-23(3,4)5;/h20-21,26H,6-19H2,1-5H3;1H2/t20?,21?,30-;/m0./s1. The van der Waals surface area contributed by atoms with E-state index in [0.29, 0.717) is 23.7 Å². The molecule has 9 heteroatoms. The van der Waals surface area contributed by atoms with Crippen molar-refractivity contribution in [3.05, 3.63) is 0 Å². The first-order valence-corrected chi connectivity index (χ1v) is 12.7. The molecule has 0 aliphatic rings. The number of quaternary nitrogens is 1. The third-order valence-electron chi connectivity index (χ3n) is 4.82. The molecule has 8 nitrogen and oxygen atoms in total. The average Bonchev–Trinajstić information content (AvgIpc) is 2.63. The van der Waals surface area contributed by atoms with Crippen molar-refractivity contribution in [2.75, 3.05) is 40.9 Å². The van der Waals surface area contributed by atoms with E-state index in [9.17, 15) is 9.69 Å². The van der Waals surface area contributed by atoms with Gasteiger partial charge in [0.15, 0.2) is 0 Å². The largest absolute Gasteiger partial charge is 0.870 e. The highest BCUT2D eigenvalue weighted by Gasteiger charge is 2.25. The first kappa shape index (κ1) is 32.8. The lowest BCUT2D eigenvalue weighted by Gasteiger charge is -2.29. The average molecular weight is 470 g/mol. The molecule has 0 amide bonds. The highest BCUT2D eigenvalue weighted by atomic mass is 31.2. The van der Waals surface area contributed by atoms with Gasteiger partial charge in [0.25, 0.3) is 0 Å². The first-order chi connectivity index (χ1) is 14.2. The smallest absolute Gasteiger partial charge is 0.330 e. The van der Waals surface area contributed by atoms with Crippen molar-refractivity contribution in [3.63, 3.8) is 0 Å². The Morgan fingerprint density at radius 3 is 2.13 bits per heavy atom. The summed E-state index contributed by atoms with van der Waals surface area (Å²) in [5, 5.41) is 9.01. The van der Waals surface area contributed by atoms with Gasteiger partial charge in [-0.25, -0.2) is 0 Å². The monoisotopic (exact) mass is 469 g/mol. The van der Waals surface area contributed by atoms with Gasteiger partial charge in [0.1, 0.15) is 12.6 Å².